The van der Waals surface area contributed by atoms with Gasteiger partial charge in [-0.05, 0) is 42.4 Å². The summed E-state index contributed by atoms with van der Waals surface area (Å²) in [5.74, 6) is 0.701. The van der Waals surface area contributed by atoms with E-state index in [2.05, 4.69) is 26.0 Å². The molecular formula is C17H27ClN2O2. The average molecular weight is 327 g/mol. The summed E-state index contributed by atoms with van der Waals surface area (Å²) < 4.78 is 5.33. The van der Waals surface area contributed by atoms with Crippen LogP contribution in [0.15, 0.2) is 24.3 Å². The second-order valence-corrected chi connectivity index (χ2v) is 6.12. The van der Waals surface area contributed by atoms with Gasteiger partial charge < -0.3 is 15.4 Å². The van der Waals surface area contributed by atoms with Crippen LogP contribution >= 0.6 is 12.4 Å². The van der Waals surface area contributed by atoms with E-state index in [1.165, 1.54) is 5.56 Å². The van der Waals surface area contributed by atoms with Crippen LogP contribution in [0.5, 0.6) is 0 Å². The van der Waals surface area contributed by atoms with Crippen LogP contribution in [-0.4, -0.2) is 32.2 Å². The van der Waals surface area contributed by atoms with E-state index in [4.69, 9.17) is 10.5 Å². The maximum Gasteiger partial charge on any atom is 0.243 e. The van der Waals surface area contributed by atoms with Crippen LogP contribution in [0.1, 0.15) is 38.2 Å². The molecule has 22 heavy (non-hydrogen) atoms. The third-order valence-electron chi connectivity index (χ3n) is 4.34. The first-order valence-electron chi connectivity index (χ1n) is 7.71. The van der Waals surface area contributed by atoms with Crippen LogP contribution in [0.2, 0.25) is 0 Å². The van der Waals surface area contributed by atoms with E-state index in [0.29, 0.717) is 19.1 Å². The van der Waals surface area contributed by atoms with Crippen LogP contribution in [0, 0.1) is 5.92 Å². The molecule has 0 spiro atoms. The third-order valence-corrected chi connectivity index (χ3v) is 4.34. The number of nitrogens with zero attached hydrogens (tertiary/aromatic N) is 1. The molecule has 1 aromatic rings. The van der Waals surface area contributed by atoms with Gasteiger partial charge in [-0.1, -0.05) is 26.0 Å². The Morgan fingerprint density at radius 2 is 1.77 bits per heavy atom. The molecule has 1 unspecified atom stereocenters. The highest BCUT2D eigenvalue weighted by atomic mass is 35.5. The Hall–Kier alpha value is -1.10. The average Bonchev–Trinajstić information content (AvgIpc) is 2.53. The van der Waals surface area contributed by atoms with Crippen molar-refractivity contribution in [2.24, 2.45) is 11.7 Å². The first-order chi connectivity index (χ1) is 10.0. The lowest BCUT2D eigenvalue weighted by molar-refractivity contribution is -0.121. The number of likely N-dealkylation sites (N-methyl/N-ethyl adjacent to an activating group) is 1. The lowest BCUT2D eigenvalue weighted by Gasteiger charge is -2.30. The number of hydrogen-bond donors (Lipinski definition) is 1. The maximum absolute atomic E-state index is 12.5. The lowest BCUT2D eigenvalue weighted by Crippen LogP contribution is -2.47. The molecule has 0 bridgehead atoms. The standard InChI is InChI=1S/C17H26N2O2.ClH/c1-12(2)13-4-6-15(7-5-13)19(3)17(20)16(18)14-8-10-21-11-9-14;/h4-7,12,14,16H,8-11,18H2,1-3H3;1H. The first kappa shape index (κ1) is 18.9. The molecule has 1 fully saturated rings. The summed E-state index contributed by atoms with van der Waals surface area (Å²) in [5.41, 5.74) is 8.33. The Labute approximate surface area is 139 Å². The monoisotopic (exact) mass is 326 g/mol. The number of carbonyl (C=O) groups is 1. The normalized spacial score (nSPS) is 17.0. The van der Waals surface area contributed by atoms with E-state index in [1.807, 2.05) is 12.1 Å². The van der Waals surface area contributed by atoms with E-state index < -0.39 is 6.04 Å². The molecule has 0 aliphatic carbocycles. The Morgan fingerprint density at radius 3 is 2.27 bits per heavy atom. The molecule has 1 aliphatic rings. The quantitative estimate of drug-likeness (QED) is 0.925. The molecule has 0 aromatic heterocycles. The summed E-state index contributed by atoms with van der Waals surface area (Å²) in [7, 11) is 1.80. The van der Waals surface area contributed by atoms with Crippen LogP contribution < -0.4 is 10.6 Å². The number of amides is 1. The number of anilines is 1. The van der Waals surface area contributed by atoms with Crippen molar-refractivity contribution in [3.8, 4) is 0 Å². The van der Waals surface area contributed by atoms with Gasteiger partial charge in [-0.25, -0.2) is 0 Å². The van der Waals surface area contributed by atoms with E-state index in [0.717, 1.165) is 18.5 Å². The molecular weight excluding hydrogens is 300 g/mol. The molecule has 1 saturated heterocycles. The summed E-state index contributed by atoms with van der Waals surface area (Å²) in [6, 6.07) is 7.69. The first-order valence-corrected chi connectivity index (χ1v) is 7.71. The van der Waals surface area contributed by atoms with E-state index in [1.54, 1.807) is 11.9 Å². The minimum atomic E-state index is -0.441. The van der Waals surface area contributed by atoms with Crippen molar-refractivity contribution in [3.05, 3.63) is 29.8 Å². The molecule has 2 N–H and O–H groups in total. The molecule has 1 aliphatic heterocycles. The highest BCUT2D eigenvalue weighted by Crippen LogP contribution is 2.23. The zero-order valence-electron chi connectivity index (χ0n) is 13.6. The Morgan fingerprint density at radius 1 is 1.23 bits per heavy atom. The number of carbonyl (C=O) groups excluding carboxylic acids is 1. The molecule has 1 heterocycles. The van der Waals surface area contributed by atoms with Gasteiger partial charge in [-0.2, -0.15) is 0 Å². The van der Waals surface area contributed by atoms with Crippen molar-refractivity contribution in [3.63, 3.8) is 0 Å². The number of rotatable bonds is 4. The summed E-state index contributed by atoms with van der Waals surface area (Å²) in [6.07, 6.45) is 1.74. The molecule has 2 rings (SSSR count). The summed E-state index contributed by atoms with van der Waals surface area (Å²) >= 11 is 0. The van der Waals surface area contributed by atoms with Crippen molar-refractivity contribution < 1.29 is 9.53 Å². The topological polar surface area (TPSA) is 55.6 Å². The number of halogens is 1. The molecule has 1 aromatic carbocycles. The lowest BCUT2D eigenvalue weighted by atomic mass is 9.91. The summed E-state index contributed by atoms with van der Waals surface area (Å²) in [5, 5.41) is 0. The predicted molar refractivity (Wildman–Crippen MR) is 92.7 cm³/mol. The molecule has 1 amide bonds. The van der Waals surface area contributed by atoms with Crippen LogP contribution in [0.4, 0.5) is 5.69 Å². The molecule has 5 heteroatoms. The molecule has 0 radical (unpaired) electrons. The highest BCUT2D eigenvalue weighted by Gasteiger charge is 2.29. The van der Waals surface area contributed by atoms with Gasteiger partial charge in [0, 0.05) is 25.9 Å². The Bertz CT molecular complexity index is 470. The fourth-order valence-electron chi connectivity index (χ4n) is 2.71. The van der Waals surface area contributed by atoms with Gasteiger partial charge in [0.25, 0.3) is 0 Å². The fraction of sp³-hybridized carbons (Fsp3) is 0.588. The largest absolute Gasteiger partial charge is 0.381 e. The van der Waals surface area contributed by atoms with Gasteiger partial charge >= 0.3 is 0 Å². The zero-order chi connectivity index (χ0) is 15.4. The third kappa shape index (κ3) is 4.45. The van der Waals surface area contributed by atoms with Crippen LogP contribution in [0.3, 0.4) is 0 Å². The van der Waals surface area contributed by atoms with Crippen LogP contribution in [-0.2, 0) is 9.53 Å². The zero-order valence-corrected chi connectivity index (χ0v) is 14.4. The van der Waals surface area contributed by atoms with E-state index in [9.17, 15) is 4.79 Å². The number of benzene rings is 1. The predicted octanol–water partition coefficient (Wildman–Crippen LogP) is 2.95. The second kappa shape index (κ2) is 8.51. The van der Waals surface area contributed by atoms with Crippen molar-refractivity contribution in [1.29, 1.82) is 0 Å². The number of nitrogens with two attached hydrogens (primary N) is 1. The molecule has 0 saturated carbocycles. The Balaban J connectivity index is 0.00000242. The molecule has 124 valence electrons. The van der Waals surface area contributed by atoms with Crippen molar-refractivity contribution in [1.82, 2.24) is 0 Å². The van der Waals surface area contributed by atoms with E-state index >= 15 is 0 Å². The van der Waals surface area contributed by atoms with Crippen molar-refractivity contribution in [2.75, 3.05) is 25.2 Å². The maximum atomic E-state index is 12.5. The smallest absolute Gasteiger partial charge is 0.243 e. The summed E-state index contributed by atoms with van der Waals surface area (Å²) in [6.45, 7) is 5.73. The number of ether oxygens (including phenoxy) is 1. The minimum Gasteiger partial charge on any atom is -0.381 e. The Kier molecular flexibility index (Phi) is 7.33. The number of hydrogen-bond acceptors (Lipinski definition) is 3. The minimum absolute atomic E-state index is 0. The van der Waals surface area contributed by atoms with Crippen LogP contribution in [0.25, 0.3) is 0 Å². The van der Waals surface area contributed by atoms with Crippen molar-refractivity contribution in [2.45, 2.75) is 38.6 Å². The molecule has 4 nitrogen and oxygen atoms in total. The SMILES string of the molecule is CC(C)c1ccc(N(C)C(=O)C(N)C2CCOCC2)cc1.Cl. The van der Waals surface area contributed by atoms with Gasteiger partial charge in [0.05, 0.1) is 6.04 Å². The van der Waals surface area contributed by atoms with Gasteiger partial charge in [0.15, 0.2) is 0 Å². The second-order valence-electron chi connectivity index (χ2n) is 6.12. The van der Waals surface area contributed by atoms with E-state index in [-0.39, 0.29) is 24.2 Å². The fourth-order valence-corrected chi connectivity index (χ4v) is 2.71. The van der Waals surface area contributed by atoms with Crippen molar-refractivity contribution >= 4 is 24.0 Å². The van der Waals surface area contributed by atoms with Gasteiger partial charge in [-0.3, -0.25) is 4.79 Å². The summed E-state index contributed by atoms with van der Waals surface area (Å²) in [4.78, 5) is 14.2. The molecule has 1 atom stereocenters. The van der Waals surface area contributed by atoms with Gasteiger partial charge in [0.1, 0.15) is 0 Å². The van der Waals surface area contributed by atoms with Gasteiger partial charge in [0.2, 0.25) is 5.91 Å². The van der Waals surface area contributed by atoms with Gasteiger partial charge in [-0.15, -0.1) is 12.4 Å². The highest BCUT2D eigenvalue weighted by molar-refractivity contribution is 5.96.